The first kappa shape index (κ1) is 18.5. The summed E-state index contributed by atoms with van der Waals surface area (Å²) in [7, 11) is -1.54. The van der Waals surface area contributed by atoms with Gasteiger partial charge < -0.3 is 9.64 Å². The van der Waals surface area contributed by atoms with Crippen molar-refractivity contribution in [2.75, 3.05) is 38.2 Å². The zero-order valence-corrected chi connectivity index (χ0v) is 16.7. The van der Waals surface area contributed by atoms with Crippen LogP contribution in [-0.2, 0) is 27.7 Å². The van der Waals surface area contributed by atoms with Crippen LogP contribution in [0.25, 0.3) is 0 Å². The second kappa shape index (κ2) is 7.26. The lowest BCUT2D eigenvalue weighted by atomic mass is 10.0. The maximum Gasteiger partial charge on any atom is 0.243 e. The van der Waals surface area contributed by atoms with Gasteiger partial charge in [0, 0.05) is 50.7 Å². The first-order valence-corrected chi connectivity index (χ1v) is 10.9. The Bertz CT molecular complexity index is 925. The average molecular weight is 391 g/mol. The number of ether oxygens (including phenoxy) is 1. The monoisotopic (exact) mass is 390 g/mol. The maximum atomic E-state index is 13.2. The zero-order valence-electron chi connectivity index (χ0n) is 15.8. The lowest BCUT2D eigenvalue weighted by Crippen LogP contribution is -2.42. The number of hydrogen-bond acceptors (Lipinski definition) is 5. The van der Waals surface area contributed by atoms with Crippen LogP contribution >= 0.6 is 0 Å². The normalized spacial score (nSPS) is 21.3. The van der Waals surface area contributed by atoms with Crippen molar-refractivity contribution in [1.82, 2.24) is 14.1 Å². The van der Waals surface area contributed by atoms with Crippen LogP contribution in [0.2, 0.25) is 0 Å². The summed E-state index contributed by atoms with van der Waals surface area (Å²) in [4.78, 5) is 2.50. The molecule has 1 atom stereocenters. The molecule has 7 nitrogen and oxygen atoms in total. The van der Waals surface area contributed by atoms with E-state index in [9.17, 15) is 8.42 Å². The Morgan fingerprint density at radius 3 is 2.93 bits per heavy atom. The lowest BCUT2D eigenvalue weighted by Gasteiger charge is -2.32. The molecule has 146 valence electrons. The largest absolute Gasteiger partial charge is 0.374 e. The molecule has 0 aliphatic carbocycles. The molecular formula is C19H26N4O3S. The Morgan fingerprint density at radius 1 is 1.30 bits per heavy atom. The van der Waals surface area contributed by atoms with Gasteiger partial charge in [-0.3, -0.25) is 4.68 Å². The minimum absolute atomic E-state index is 0.283. The molecule has 1 saturated heterocycles. The molecule has 4 rings (SSSR count). The first-order valence-electron chi connectivity index (χ1n) is 9.47. The fourth-order valence-corrected chi connectivity index (χ4v) is 5.26. The molecule has 27 heavy (non-hydrogen) atoms. The fourth-order valence-electron chi connectivity index (χ4n) is 3.81. The third kappa shape index (κ3) is 3.49. The summed E-state index contributed by atoms with van der Waals surface area (Å²) in [5, 5.41) is 4.27. The zero-order chi connectivity index (χ0) is 19.0. The topological polar surface area (TPSA) is 67.7 Å². The van der Waals surface area contributed by atoms with Gasteiger partial charge in [-0.2, -0.15) is 9.40 Å². The molecule has 0 bridgehead atoms. The lowest BCUT2D eigenvalue weighted by molar-refractivity contribution is -0.00260. The molecule has 0 amide bonds. The first-order chi connectivity index (χ1) is 13.0. The van der Waals surface area contributed by atoms with E-state index in [2.05, 4.69) is 10.00 Å². The van der Waals surface area contributed by atoms with E-state index in [-0.39, 0.29) is 6.10 Å². The number of sulfonamides is 1. The van der Waals surface area contributed by atoms with Crippen LogP contribution < -0.4 is 4.90 Å². The highest BCUT2D eigenvalue weighted by atomic mass is 32.2. The second-order valence-corrected chi connectivity index (χ2v) is 9.11. The molecule has 1 aromatic carbocycles. The van der Waals surface area contributed by atoms with Crippen LogP contribution in [0, 0.1) is 0 Å². The van der Waals surface area contributed by atoms with Crippen LogP contribution in [0.15, 0.2) is 35.5 Å². The van der Waals surface area contributed by atoms with Crippen molar-refractivity contribution < 1.29 is 13.2 Å². The van der Waals surface area contributed by atoms with E-state index >= 15 is 0 Å². The van der Waals surface area contributed by atoms with E-state index in [0.717, 1.165) is 37.2 Å². The van der Waals surface area contributed by atoms with E-state index in [1.54, 1.807) is 12.3 Å². The van der Waals surface area contributed by atoms with E-state index in [1.807, 2.05) is 37.0 Å². The molecule has 1 aromatic heterocycles. The van der Waals surface area contributed by atoms with Gasteiger partial charge in [-0.15, -0.1) is 0 Å². The minimum Gasteiger partial charge on any atom is -0.374 e. The third-order valence-electron chi connectivity index (χ3n) is 5.42. The van der Waals surface area contributed by atoms with Gasteiger partial charge >= 0.3 is 0 Å². The maximum absolute atomic E-state index is 13.2. The van der Waals surface area contributed by atoms with Crippen LogP contribution in [0.3, 0.4) is 0 Å². The van der Waals surface area contributed by atoms with Gasteiger partial charge in [0.2, 0.25) is 10.0 Å². The van der Waals surface area contributed by atoms with Crippen LogP contribution in [0.1, 0.15) is 30.6 Å². The smallest absolute Gasteiger partial charge is 0.243 e. The SMILES string of the molecule is CCn1cc([C@@H]2CN(S(=O)(=O)c3ccc4c(c3)N(C)CCC4)CCO2)cn1. The number of nitrogens with zero attached hydrogens (tertiary/aromatic N) is 4. The average Bonchev–Trinajstić information content (AvgIpc) is 3.17. The van der Waals surface area contributed by atoms with Crippen LogP contribution in [-0.4, -0.2) is 55.8 Å². The third-order valence-corrected chi connectivity index (χ3v) is 7.28. The highest BCUT2D eigenvalue weighted by Gasteiger charge is 2.32. The number of fused-ring (bicyclic) bond motifs is 1. The van der Waals surface area contributed by atoms with E-state index < -0.39 is 10.0 Å². The number of morpholine rings is 1. The van der Waals surface area contributed by atoms with Crippen molar-refractivity contribution in [3.05, 3.63) is 41.7 Å². The van der Waals surface area contributed by atoms with E-state index in [1.165, 1.54) is 9.87 Å². The predicted molar refractivity (Wildman–Crippen MR) is 103 cm³/mol. The molecule has 0 spiro atoms. The van der Waals surface area contributed by atoms with Gasteiger partial charge in [0.1, 0.15) is 0 Å². The molecule has 2 aliphatic rings. The van der Waals surface area contributed by atoms with Crippen LogP contribution in [0.5, 0.6) is 0 Å². The van der Waals surface area contributed by atoms with Crippen molar-refractivity contribution in [3.8, 4) is 0 Å². The predicted octanol–water partition coefficient (Wildman–Crippen LogP) is 2.05. The van der Waals surface area contributed by atoms with Crippen molar-refractivity contribution in [2.24, 2.45) is 0 Å². The van der Waals surface area contributed by atoms with Gasteiger partial charge in [-0.25, -0.2) is 8.42 Å². The minimum atomic E-state index is -3.56. The molecule has 8 heteroatoms. The van der Waals surface area contributed by atoms with Crippen LogP contribution in [0.4, 0.5) is 5.69 Å². The van der Waals surface area contributed by atoms with Gasteiger partial charge in [0.15, 0.2) is 0 Å². The standard InChI is InChI=1S/C19H26N4O3S/c1-3-22-13-16(12-20-22)19-14-23(9-10-26-19)27(24,25)17-7-6-15-5-4-8-21(2)18(15)11-17/h6-7,11-13,19H,3-5,8-10,14H2,1-2H3/t19-/m0/s1. The summed E-state index contributed by atoms with van der Waals surface area (Å²) in [6, 6.07) is 5.53. The molecule has 1 fully saturated rings. The van der Waals surface area contributed by atoms with E-state index in [0.29, 0.717) is 24.6 Å². The molecule has 0 saturated carbocycles. The van der Waals surface area contributed by atoms with Gasteiger partial charge in [-0.05, 0) is 37.5 Å². The number of aromatic nitrogens is 2. The quantitative estimate of drug-likeness (QED) is 0.799. The highest BCUT2D eigenvalue weighted by molar-refractivity contribution is 7.89. The summed E-state index contributed by atoms with van der Waals surface area (Å²) in [6.45, 7) is 4.81. The Balaban J connectivity index is 1.59. The highest BCUT2D eigenvalue weighted by Crippen LogP contribution is 2.31. The molecule has 3 heterocycles. The number of rotatable bonds is 4. The Morgan fingerprint density at radius 2 is 2.15 bits per heavy atom. The summed E-state index contributed by atoms with van der Waals surface area (Å²) in [5.74, 6) is 0. The fraction of sp³-hybridized carbons (Fsp3) is 0.526. The molecule has 0 radical (unpaired) electrons. The summed E-state index contributed by atoms with van der Waals surface area (Å²) in [6.07, 6.45) is 5.51. The molecule has 2 aliphatic heterocycles. The van der Waals surface area contributed by atoms with Gasteiger partial charge in [0.05, 0.1) is 23.8 Å². The Kier molecular flexibility index (Phi) is 4.96. The molecule has 2 aromatic rings. The van der Waals surface area contributed by atoms with Crippen molar-refractivity contribution in [1.29, 1.82) is 0 Å². The van der Waals surface area contributed by atoms with Crippen molar-refractivity contribution >= 4 is 15.7 Å². The number of hydrogen-bond donors (Lipinski definition) is 0. The van der Waals surface area contributed by atoms with Gasteiger partial charge in [-0.1, -0.05) is 6.07 Å². The number of benzene rings is 1. The molecule has 0 N–H and O–H groups in total. The summed E-state index contributed by atoms with van der Waals surface area (Å²) < 4.78 is 35.7. The van der Waals surface area contributed by atoms with Crippen molar-refractivity contribution in [3.63, 3.8) is 0 Å². The van der Waals surface area contributed by atoms with E-state index in [4.69, 9.17) is 4.74 Å². The second-order valence-electron chi connectivity index (χ2n) is 7.17. The number of anilines is 1. The Hall–Kier alpha value is -1.90. The van der Waals surface area contributed by atoms with Gasteiger partial charge in [0.25, 0.3) is 0 Å². The van der Waals surface area contributed by atoms with Crippen molar-refractivity contribution in [2.45, 2.75) is 37.3 Å². The molecule has 0 unspecified atom stereocenters. The summed E-state index contributed by atoms with van der Waals surface area (Å²) in [5.41, 5.74) is 3.16. The molecular weight excluding hydrogens is 364 g/mol. The number of aryl methyl sites for hydroxylation is 2. The Labute approximate surface area is 160 Å². The summed E-state index contributed by atoms with van der Waals surface area (Å²) >= 11 is 0.